The number of hydrogen-bond donors (Lipinski definition) is 2. The molecule has 0 aliphatic heterocycles. The third kappa shape index (κ3) is 3.09. The number of esters is 1. The van der Waals surface area contributed by atoms with Crippen LogP contribution in [0.3, 0.4) is 0 Å². The van der Waals surface area contributed by atoms with Gasteiger partial charge in [-0.05, 0) is 34.4 Å². The Morgan fingerprint density at radius 2 is 1.83 bits per heavy atom. The molecule has 2 aromatic carbocycles. The number of hydrogen-bond acceptors (Lipinski definition) is 5. The van der Waals surface area contributed by atoms with E-state index < -0.39 is 17.9 Å². The summed E-state index contributed by atoms with van der Waals surface area (Å²) in [5.74, 6) is -1.24. The van der Waals surface area contributed by atoms with Crippen LogP contribution in [0, 0.1) is 0 Å². The molecule has 24 heavy (non-hydrogen) atoms. The molecule has 2 N–H and O–H groups in total. The molecule has 5 nitrogen and oxygen atoms in total. The lowest BCUT2D eigenvalue weighted by Gasteiger charge is -2.16. The Morgan fingerprint density at radius 1 is 1.12 bits per heavy atom. The molecule has 0 aliphatic rings. The van der Waals surface area contributed by atoms with Crippen LogP contribution in [0.4, 0.5) is 0 Å². The number of nitrogens with one attached hydrogen (secondary N) is 1. The summed E-state index contributed by atoms with van der Waals surface area (Å²) in [6, 6.07) is 13.2. The summed E-state index contributed by atoms with van der Waals surface area (Å²) in [4.78, 5) is 25.2. The van der Waals surface area contributed by atoms with E-state index in [1.54, 1.807) is 18.2 Å². The minimum absolute atomic E-state index is 0.110. The summed E-state index contributed by atoms with van der Waals surface area (Å²) in [7, 11) is 1.27. The van der Waals surface area contributed by atoms with Crippen LogP contribution >= 0.6 is 11.3 Å². The van der Waals surface area contributed by atoms with Crippen LogP contribution in [0.5, 0.6) is 5.75 Å². The number of phenolic OH excluding ortho intramolecular Hbond substituents is 1. The molecule has 3 rings (SSSR count). The number of carbonyl (C=O) groups excluding carboxylic acids is 2. The highest BCUT2D eigenvalue weighted by Gasteiger charge is 2.26. The van der Waals surface area contributed by atoms with E-state index in [-0.39, 0.29) is 11.3 Å². The van der Waals surface area contributed by atoms with Gasteiger partial charge >= 0.3 is 5.97 Å². The lowest BCUT2D eigenvalue weighted by Crippen LogP contribution is -2.34. The average Bonchev–Trinajstić information content (AvgIpc) is 3.12. The van der Waals surface area contributed by atoms with Crippen molar-refractivity contribution in [1.82, 2.24) is 5.32 Å². The SMILES string of the molecule is COC(=O)C(NC(=O)c1cc2ccccc2cc1O)c1cccs1. The third-order valence-corrected chi connectivity index (χ3v) is 4.59. The number of fused-ring (bicyclic) bond motifs is 1. The van der Waals surface area contributed by atoms with E-state index in [4.69, 9.17) is 4.74 Å². The molecule has 0 saturated heterocycles. The fourth-order valence-corrected chi connectivity index (χ4v) is 3.20. The van der Waals surface area contributed by atoms with Crippen LogP contribution in [-0.4, -0.2) is 24.1 Å². The summed E-state index contributed by atoms with van der Waals surface area (Å²) in [6.45, 7) is 0. The summed E-state index contributed by atoms with van der Waals surface area (Å²) < 4.78 is 4.76. The Labute approximate surface area is 142 Å². The lowest BCUT2D eigenvalue weighted by molar-refractivity contribution is -0.143. The van der Waals surface area contributed by atoms with Crippen molar-refractivity contribution in [1.29, 1.82) is 0 Å². The lowest BCUT2D eigenvalue weighted by atomic mass is 10.0. The van der Waals surface area contributed by atoms with Gasteiger partial charge in [0.25, 0.3) is 5.91 Å². The molecule has 122 valence electrons. The van der Waals surface area contributed by atoms with Crippen molar-refractivity contribution in [2.75, 3.05) is 7.11 Å². The second kappa shape index (κ2) is 6.72. The van der Waals surface area contributed by atoms with Crippen molar-refractivity contribution < 1.29 is 19.4 Å². The standard InChI is InChI=1S/C18H15NO4S/c1-23-18(22)16(15-7-4-8-24-15)19-17(21)13-9-11-5-2-3-6-12(11)10-14(13)20/h2-10,16,20H,1H3,(H,19,21). The van der Waals surface area contributed by atoms with Gasteiger partial charge in [-0.25, -0.2) is 4.79 Å². The largest absolute Gasteiger partial charge is 0.507 e. The zero-order chi connectivity index (χ0) is 17.1. The van der Waals surface area contributed by atoms with Gasteiger partial charge in [0.2, 0.25) is 0 Å². The van der Waals surface area contributed by atoms with Gasteiger partial charge < -0.3 is 15.2 Å². The van der Waals surface area contributed by atoms with Crippen LogP contribution in [0.15, 0.2) is 53.9 Å². The van der Waals surface area contributed by atoms with Gasteiger partial charge in [0.1, 0.15) is 5.75 Å². The maximum atomic E-state index is 12.6. The molecular weight excluding hydrogens is 326 g/mol. The zero-order valence-corrected chi connectivity index (χ0v) is 13.7. The second-order valence-corrected chi connectivity index (χ2v) is 6.14. The fraction of sp³-hybridized carbons (Fsp3) is 0.111. The average molecular weight is 341 g/mol. The van der Waals surface area contributed by atoms with Crippen molar-refractivity contribution in [3.05, 3.63) is 64.4 Å². The predicted molar refractivity (Wildman–Crippen MR) is 92.2 cm³/mol. The number of methoxy groups -OCH3 is 1. The predicted octanol–water partition coefficient (Wildman–Crippen LogP) is 3.25. The Balaban J connectivity index is 1.93. The first kappa shape index (κ1) is 16.0. The smallest absolute Gasteiger partial charge is 0.333 e. The summed E-state index contributed by atoms with van der Waals surface area (Å²) in [5.41, 5.74) is 0.110. The normalized spacial score (nSPS) is 11.9. The van der Waals surface area contributed by atoms with Gasteiger partial charge in [0.15, 0.2) is 6.04 Å². The maximum Gasteiger partial charge on any atom is 0.333 e. The third-order valence-electron chi connectivity index (χ3n) is 3.65. The van der Waals surface area contributed by atoms with E-state index in [2.05, 4.69) is 5.32 Å². The Hall–Kier alpha value is -2.86. The van der Waals surface area contributed by atoms with Gasteiger partial charge in [-0.2, -0.15) is 0 Å². The molecule has 1 unspecified atom stereocenters. The molecule has 0 saturated carbocycles. The number of thiophene rings is 1. The molecule has 0 fully saturated rings. The molecule has 1 atom stereocenters. The number of rotatable bonds is 4. The molecule has 1 heterocycles. The highest BCUT2D eigenvalue weighted by atomic mass is 32.1. The van der Waals surface area contributed by atoms with Crippen molar-refractivity contribution in [3.63, 3.8) is 0 Å². The van der Waals surface area contributed by atoms with Gasteiger partial charge in [-0.3, -0.25) is 4.79 Å². The van der Waals surface area contributed by atoms with Crippen LogP contribution in [0.1, 0.15) is 21.3 Å². The van der Waals surface area contributed by atoms with E-state index in [0.29, 0.717) is 4.88 Å². The first-order valence-electron chi connectivity index (χ1n) is 7.24. The van der Waals surface area contributed by atoms with Gasteiger partial charge in [-0.1, -0.05) is 30.3 Å². The molecule has 0 bridgehead atoms. The van der Waals surface area contributed by atoms with Gasteiger partial charge in [0.05, 0.1) is 12.7 Å². The van der Waals surface area contributed by atoms with E-state index in [9.17, 15) is 14.7 Å². The quantitative estimate of drug-likeness (QED) is 0.714. The van der Waals surface area contributed by atoms with Crippen LogP contribution < -0.4 is 5.32 Å². The summed E-state index contributed by atoms with van der Waals surface area (Å²) in [6.07, 6.45) is 0. The first-order chi connectivity index (χ1) is 11.6. The van der Waals surface area contributed by atoms with Gasteiger partial charge in [0, 0.05) is 4.88 Å². The van der Waals surface area contributed by atoms with Crippen molar-refractivity contribution in [3.8, 4) is 5.75 Å². The van der Waals surface area contributed by atoms with Crippen LogP contribution in [-0.2, 0) is 9.53 Å². The van der Waals surface area contributed by atoms with Crippen molar-refractivity contribution >= 4 is 34.0 Å². The van der Waals surface area contributed by atoms with Crippen LogP contribution in [0.25, 0.3) is 10.8 Å². The monoisotopic (exact) mass is 341 g/mol. The minimum Gasteiger partial charge on any atom is -0.507 e. The number of phenols is 1. The Bertz CT molecular complexity index is 889. The highest BCUT2D eigenvalue weighted by molar-refractivity contribution is 7.10. The maximum absolute atomic E-state index is 12.6. The van der Waals surface area contributed by atoms with E-state index in [1.165, 1.54) is 24.5 Å². The molecule has 3 aromatic rings. The summed E-state index contributed by atoms with van der Waals surface area (Å²) >= 11 is 1.34. The fourth-order valence-electron chi connectivity index (χ4n) is 2.44. The molecule has 1 aromatic heterocycles. The molecular formula is C18H15NO4S. The number of ether oxygens (including phenoxy) is 1. The number of carbonyl (C=O) groups is 2. The minimum atomic E-state index is -0.909. The van der Waals surface area contributed by atoms with E-state index in [0.717, 1.165) is 10.8 Å². The van der Waals surface area contributed by atoms with Crippen molar-refractivity contribution in [2.24, 2.45) is 0 Å². The number of benzene rings is 2. The highest BCUT2D eigenvalue weighted by Crippen LogP contribution is 2.26. The number of aromatic hydroxyl groups is 1. The number of amides is 1. The van der Waals surface area contributed by atoms with Crippen molar-refractivity contribution in [2.45, 2.75) is 6.04 Å². The summed E-state index contributed by atoms with van der Waals surface area (Å²) in [5, 5.41) is 16.2. The van der Waals surface area contributed by atoms with E-state index >= 15 is 0 Å². The first-order valence-corrected chi connectivity index (χ1v) is 8.12. The molecule has 1 amide bonds. The molecule has 0 radical (unpaired) electrons. The zero-order valence-electron chi connectivity index (χ0n) is 12.9. The molecule has 6 heteroatoms. The molecule has 0 aliphatic carbocycles. The van der Waals surface area contributed by atoms with Crippen LogP contribution in [0.2, 0.25) is 0 Å². The Morgan fingerprint density at radius 3 is 2.46 bits per heavy atom. The topological polar surface area (TPSA) is 75.6 Å². The second-order valence-electron chi connectivity index (χ2n) is 5.16. The van der Waals surface area contributed by atoms with E-state index in [1.807, 2.05) is 29.6 Å². The molecule has 0 spiro atoms. The Kier molecular flexibility index (Phi) is 4.48. The van der Waals surface area contributed by atoms with Gasteiger partial charge in [-0.15, -0.1) is 11.3 Å².